The number of morpholine rings is 1. The maximum Gasteiger partial charge on any atom is 0.242 e. The summed E-state index contributed by atoms with van der Waals surface area (Å²) < 4.78 is 5.60. The predicted octanol–water partition coefficient (Wildman–Crippen LogP) is 1.54. The lowest BCUT2D eigenvalue weighted by atomic mass is 9.95. The highest BCUT2D eigenvalue weighted by atomic mass is 35.5. The normalized spacial score (nSPS) is 29.7. The van der Waals surface area contributed by atoms with Crippen LogP contribution in [0.15, 0.2) is 0 Å². The molecule has 3 heterocycles. The van der Waals surface area contributed by atoms with Crippen molar-refractivity contribution in [3.63, 3.8) is 0 Å². The van der Waals surface area contributed by atoms with E-state index in [1.165, 1.54) is 32.5 Å². The Kier molecular flexibility index (Phi) is 9.16. The Balaban J connectivity index is 0.00000132. The monoisotopic (exact) mass is 367 g/mol. The standard InChI is InChI=1S/C16H29N3O2.2ClH/c1-13-15(17-6-11-21-13)16(20)19-9-4-14(5-10-19)12-18-7-2-3-8-18;;/h13-15,17H,2-12H2,1H3;2*1H/t13-,15+;;/m1../s1. The SMILES string of the molecule is C[C@H]1OCCN[C@@H]1C(=O)N1CCC(CN2CCCC2)CC1.Cl.Cl. The van der Waals surface area contributed by atoms with Crippen molar-refractivity contribution in [1.82, 2.24) is 15.1 Å². The van der Waals surface area contributed by atoms with E-state index in [1.807, 2.05) is 11.8 Å². The molecule has 0 unspecified atom stereocenters. The zero-order valence-corrected chi connectivity index (χ0v) is 15.7. The van der Waals surface area contributed by atoms with E-state index in [0.29, 0.717) is 6.61 Å². The molecular weight excluding hydrogens is 337 g/mol. The Labute approximate surface area is 152 Å². The van der Waals surface area contributed by atoms with Gasteiger partial charge in [-0.1, -0.05) is 0 Å². The van der Waals surface area contributed by atoms with E-state index in [-0.39, 0.29) is 42.9 Å². The Hall–Kier alpha value is -0.0700. The first-order valence-electron chi connectivity index (χ1n) is 8.60. The van der Waals surface area contributed by atoms with Crippen molar-refractivity contribution in [2.45, 2.75) is 44.8 Å². The van der Waals surface area contributed by atoms with Gasteiger partial charge in [-0.2, -0.15) is 0 Å². The highest BCUT2D eigenvalue weighted by Gasteiger charge is 2.33. The molecule has 3 rings (SSSR count). The van der Waals surface area contributed by atoms with Gasteiger partial charge in [-0.15, -0.1) is 24.8 Å². The molecule has 1 N–H and O–H groups in total. The molecule has 0 bridgehead atoms. The lowest BCUT2D eigenvalue weighted by Crippen LogP contribution is -2.57. The van der Waals surface area contributed by atoms with E-state index in [1.54, 1.807) is 0 Å². The summed E-state index contributed by atoms with van der Waals surface area (Å²) in [4.78, 5) is 17.2. The molecule has 0 aromatic rings. The number of ether oxygens (including phenoxy) is 1. The highest BCUT2D eigenvalue weighted by molar-refractivity contribution is 5.85. The smallest absolute Gasteiger partial charge is 0.242 e. The van der Waals surface area contributed by atoms with Crippen LogP contribution >= 0.6 is 24.8 Å². The largest absolute Gasteiger partial charge is 0.375 e. The average molecular weight is 368 g/mol. The topological polar surface area (TPSA) is 44.8 Å². The lowest BCUT2D eigenvalue weighted by molar-refractivity contribution is -0.140. The molecular formula is C16H31Cl2N3O2. The summed E-state index contributed by atoms with van der Waals surface area (Å²) in [6.07, 6.45) is 5.04. The van der Waals surface area contributed by atoms with Crippen LogP contribution < -0.4 is 5.32 Å². The molecule has 0 radical (unpaired) electrons. The van der Waals surface area contributed by atoms with Crippen LogP contribution in [0.3, 0.4) is 0 Å². The molecule has 136 valence electrons. The van der Waals surface area contributed by atoms with Gasteiger partial charge in [-0.25, -0.2) is 0 Å². The van der Waals surface area contributed by atoms with Gasteiger partial charge >= 0.3 is 0 Å². The quantitative estimate of drug-likeness (QED) is 0.821. The van der Waals surface area contributed by atoms with Gasteiger partial charge in [-0.3, -0.25) is 4.79 Å². The first-order valence-corrected chi connectivity index (χ1v) is 8.60. The van der Waals surface area contributed by atoms with Crippen LogP contribution in [0.2, 0.25) is 0 Å². The Morgan fingerprint density at radius 3 is 2.39 bits per heavy atom. The number of amides is 1. The molecule has 2 atom stereocenters. The number of nitrogens with zero attached hydrogens (tertiary/aromatic N) is 2. The lowest BCUT2D eigenvalue weighted by Gasteiger charge is -2.38. The number of nitrogens with one attached hydrogen (secondary N) is 1. The summed E-state index contributed by atoms with van der Waals surface area (Å²) in [6.45, 7) is 9.12. The van der Waals surface area contributed by atoms with Crippen molar-refractivity contribution in [2.24, 2.45) is 5.92 Å². The minimum atomic E-state index is -0.145. The minimum absolute atomic E-state index is 0. The van der Waals surface area contributed by atoms with E-state index in [9.17, 15) is 4.79 Å². The fourth-order valence-electron chi connectivity index (χ4n) is 3.87. The van der Waals surface area contributed by atoms with Gasteiger partial charge in [-0.05, 0) is 51.6 Å². The van der Waals surface area contributed by atoms with Crippen LogP contribution in [0.5, 0.6) is 0 Å². The van der Waals surface area contributed by atoms with Crippen LogP contribution in [0.1, 0.15) is 32.6 Å². The molecule has 7 heteroatoms. The first kappa shape index (κ1) is 21.0. The fraction of sp³-hybridized carbons (Fsp3) is 0.938. The van der Waals surface area contributed by atoms with Gasteiger partial charge in [0.05, 0.1) is 12.7 Å². The van der Waals surface area contributed by atoms with E-state index in [0.717, 1.165) is 38.4 Å². The maximum absolute atomic E-state index is 12.6. The second-order valence-corrected chi connectivity index (χ2v) is 6.78. The molecule has 3 aliphatic rings. The molecule has 23 heavy (non-hydrogen) atoms. The van der Waals surface area contributed by atoms with Crippen LogP contribution in [0.4, 0.5) is 0 Å². The third-order valence-corrected chi connectivity index (χ3v) is 5.22. The van der Waals surface area contributed by atoms with Gasteiger partial charge in [0, 0.05) is 26.2 Å². The average Bonchev–Trinajstić information content (AvgIpc) is 3.01. The van der Waals surface area contributed by atoms with Gasteiger partial charge < -0.3 is 19.9 Å². The number of halogens is 2. The molecule has 0 saturated carbocycles. The molecule has 0 aliphatic carbocycles. The van der Waals surface area contributed by atoms with E-state index in [4.69, 9.17) is 4.74 Å². The molecule has 5 nitrogen and oxygen atoms in total. The molecule has 0 aromatic heterocycles. The minimum Gasteiger partial charge on any atom is -0.375 e. The van der Waals surface area contributed by atoms with Crippen LogP contribution in [-0.4, -0.2) is 73.7 Å². The number of rotatable bonds is 3. The molecule has 1 amide bonds. The summed E-state index contributed by atoms with van der Waals surface area (Å²) in [6, 6.07) is -0.145. The van der Waals surface area contributed by atoms with E-state index in [2.05, 4.69) is 10.2 Å². The highest BCUT2D eigenvalue weighted by Crippen LogP contribution is 2.21. The van der Waals surface area contributed by atoms with Crippen LogP contribution in [0.25, 0.3) is 0 Å². The molecule has 0 aromatic carbocycles. The fourth-order valence-corrected chi connectivity index (χ4v) is 3.87. The Morgan fingerprint density at radius 1 is 1.13 bits per heavy atom. The van der Waals surface area contributed by atoms with E-state index < -0.39 is 0 Å². The van der Waals surface area contributed by atoms with Crippen LogP contribution in [-0.2, 0) is 9.53 Å². The first-order chi connectivity index (χ1) is 10.2. The number of hydrogen-bond donors (Lipinski definition) is 1. The molecule has 0 spiro atoms. The summed E-state index contributed by atoms with van der Waals surface area (Å²) in [5.74, 6) is 1.02. The summed E-state index contributed by atoms with van der Waals surface area (Å²) in [5.41, 5.74) is 0. The van der Waals surface area contributed by atoms with Crippen molar-refractivity contribution in [3.05, 3.63) is 0 Å². The van der Waals surface area contributed by atoms with Gasteiger partial charge in [0.1, 0.15) is 6.04 Å². The maximum atomic E-state index is 12.6. The van der Waals surface area contributed by atoms with Crippen molar-refractivity contribution >= 4 is 30.7 Å². The number of likely N-dealkylation sites (tertiary alicyclic amines) is 2. The van der Waals surface area contributed by atoms with Gasteiger partial charge in [0.25, 0.3) is 0 Å². The molecule has 3 saturated heterocycles. The molecule has 3 fully saturated rings. The van der Waals surface area contributed by atoms with Crippen molar-refractivity contribution in [2.75, 3.05) is 45.9 Å². The zero-order valence-electron chi connectivity index (χ0n) is 14.0. The van der Waals surface area contributed by atoms with Crippen molar-refractivity contribution in [3.8, 4) is 0 Å². The van der Waals surface area contributed by atoms with Crippen LogP contribution in [0, 0.1) is 5.92 Å². The second-order valence-electron chi connectivity index (χ2n) is 6.78. The second kappa shape index (κ2) is 10.0. The number of hydrogen-bond acceptors (Lipinski definition) is 4. The number of piperidine rings is 1. The van der Waals surface area contributed by atoms with Crippen molar-refractivity contribution < 1.29 is 9.53 Å². The summed E-state index contributed by atoms with van der Waals surface area (Å²) in [5, 5.41) is 3.31. The molecule has 3 aliphatic heterocycles. The summed E-state index contributed by atoms with van der Waals surface area (Å²) >= 11 is 0. The van der Waals surface area contributed by atoms with Gasteiger partial charge in [0.2, 0.25) is 5.91 Å². The Bertz CT molecular complexity index is 359. The zero-order chi connectivity index (χ0) is 14.7. The summed E-state index contributed by atoms with van der Waals surface area (Å²) in [7, 11) is 0. The third kappa shape index (κ3) is 5.46. The van der Waals surface area contributed by atoms with Gasteiger partial charge in [0.15, 0.2) is 0 Å². The third-order valence-electron chi connectivity index (χ3n) is 5.22. The number of carbonyl (C=O) groups is 1. The number of carbonyl (C=O) groups excluding carboxylic acids is 1. The Morgan fingerprint density at radius 2 is 1.78 bits per heavy atom. The van der Waals surface area contributed by atoms with E-state index >= 15 is 0 Å². The van der Waals surface area contributed by atoms with Crippen molar-refractivity contribution in [1.29, 1.82) is 0 Å². The predicted molar refractivity (Wildman–Crippen MR) is 96.7 cm³/mol.